The zero-order chi connectivity index (χ0) is 40.4. The molecule has 0 aliphatic carbocycles. The summed E-state index contributed by atoms with van der Waals surface area (Å²) in [6, 6.07) is 1.57. The van der Waals surface area contributed by atoms with Crippen molar-refractivity contribution in [2.24, 2.45) is 23.7 Å². The number of ether oxygens (including phenoxy) is 4. The van der Waals surface area contributed by atoms with Crippen molar-refractivity contribution in [1.82, 2.24) is 0 Å². The minimum absolute atomic E-state index is 0.0241. The van der Waals surface area contributed by atoms with Gasteiger partial charge in [0.05, 0.1) is 41.2 Å². The molecular weight excluding hydrogens is 696 g/mol. The van der Waals surface area contributed by atoms with Crippen LogP contribution in [0.25, 0.3) is 10.8 Å². The van der Waals surface area contributed by atoms with Crippen LogP contribution in [0.5, 0.6) is 17.2 Å². The number of carbonyl (C=O) groups is 3. The maximum Gasteiger partial charge on any atom is 0.312 e. The number of esters is 1. The molecule has 13 nitrogen and oxygen atoms in total. The second-order valence-corrected chi connectivity index (χ2v) is 14.6. The second kappa shape index (κ2) is 16.8. The van der Waals surface area contributed by atoms with Crippen LogP contribution in [0.4, 0.5) is 11.4 Å². The topological polar surface area (TPSA) is 184 Å². The minimum atomic E-state index is -1.90. The number of aliphatic hydroxyl groups is 2. The van der Waals surface area contributed by atoms with E-state index >= 15 is 0 Å². The van der Waals surface area contributed by atoms with Crippen molar-refractivity contribution in [2.45, 2.75) is 99.4 Å². The van der Waals surface area contributed by atoms with Crippen molar-refractivity contribution in [2.75, 3.05) is 30.4 Å². The molecule has 0 unspecified atom stereocenters. The highest BCUT2D eigenvalue weighted by molar-refractivity contribution is 6.23. The van der Waals surface area contributed by atoms with E-state index in [0.717, 1.165) is 0 Å². The van der Waals surface area contributed by atoms with Crippen LogP contribution < -0.4 is 15.0 Å². The fraction of sp³-hybridized carbons (Fsp3) is 0.537. The molecule has 3 aliphatic heterocycles. The standard InChI is InChI=1S/C41H56N2O11/c1-12-43(13-2)28-19-27-36(48)31-30(28)32-38(25(8)35(31)47)54-41(10,39(32)49)52-18-17-29(51-11)22(5)37(53-26(9)44)24(7)34(46)23(6)33(45)20(3)15-14-16-21(4)40(50)42-27/h14-20,22-24,29,33-34,37,45-48H,12-13H2,1-11H3,(H,42,50)/b15-14+,18-17+,21-16-/t20-,22+,23+,24+,29-,33-,34+,37+,41-/m0/s1. The first kappa shape index (κ1) is 42.2. The summed E-state index contributed by atoms with van der Waals surface area (Å²) in [6.07, 6.45) is 4.02. The molecule has 5 N–H and O–H groups in total. The Hall–Kier alpha value is -4.59. The molecular formula is C41H56N2O11. The minimum Gasteiger partial charge on any atom is -0.507 e. The van der Waals surface area contributed by atoms with Crippen molar-refractivity contribution < 1.29 is 53.8 Å². The number of nitrogens with one attached hydrogen (secondary N) is 1. The molecule has 2 aromatic rings. The lowest BCUT2D eigenvalue weighted by atomic mass is 9.78. The predicted octanol–water partition coefficient (Wildman–Crippen LogP) is 5.89. The number of carbonyl (C=O) groups excluding carboxylic acids is 3. The van der Waals surface area contributed by atoms with Gasteiger partial charge in [-0.05, 0) is 39.8 Å². The number of ketones is 1. The third kappa shape index (κ3) is 7.94. The van der Waals surface area contributed by atoms with Crippen LogP contribution in [0.3, 0.4) is 0 Å². The highest BCUT2D eigenvalue weighted by atomic mass is 16.7. The number of nitrogens with zero attached hydrogens (tertiary/aromatic N) is 1. The van der Waals surface area contributed by atoms with Crippen LogP contribution >= 0.6 is 0 Å². The van der Waals surface area contributed by atoms with Crippen LogP contribution in [0, 0.1) is 30.6 Å². The number of phenolic OH excluding ortho intramolecular Hbond substituents is 2. The van der Waals surface area contributed by atoms with Gasteiger partial charge in [0.15, 0.2) is 5.75 Å². The summed E-state index contributed by atoms with van der Waals surface area (Å²) in [5.41, 5.74) is 1.06. The molecule has 0 fully saturated rings. The zero-order valence-electron chi connectivity index (χ0n) is 33.1. The SMILES string of the molecule is CCN(CC)c1cc2c(O)c3c(O)c(C)c4c(c13)C(=O)[C@@](C)(O/C=C/[C@H](OC)[C@@H](C)[C@@H](OC(C)=O)[C@H](C)[C@H](O)[C@H](C)[C@@H](O)[C@@H](C)/C=C/C=C(/C)C(=O)N2)O4. The number of aromatic hydroxyl groups is 2. The summed E-state index contributed by atoms with van der Waals surface area (Å²) in [7, 11) is 1.47. The number of aliphatic hydroxyl groups excluding tert-OH is 2. The molecule has 1 amide bonds. The van der Waals surface area contributed by atoms with E-state index in [9.17, 15) is 34.8 Å². The van der Waals surface area contributed by atoms with Crippen molar-refractivity contribution in [3.63, 3.8) is 0 Å². The average Bonchev–Trinajstić information content (AvgIpc) is 3.40. The Balaban J connectivity index is 1.95. The summed E-state index contributed by atoms with van der Waals surface area (Å²) in [4.78, 5) is 42.1. The fourth-order valence-electron chi connectivity index (χ4n) is 7.46. The number of phenols is 2. The molecule has 0 radical (unpaired) electrons. The molecule has 0 spiro atoms. The number of Topliss-reactive ketones (excluding diaryl/α,β-unsaturated/α-hetero) is 1. The summed E-state index contributed by atoms with van der Waals surface area (Å²) in [5.74, 6) is -6.56. The molecule has 13 heteroatoms. The number of amides is 1. The van der Waals surface area contributed by atoms with Gasteiger partial charge in [-0.1, -0.05) is 45.9 Å². The van der Waals surface area contributed by atoms with E-state index in [-0.39, 0.29) is 44.7 Å². The Morgan fingerprint density at radius 3 is 2.20 bits per heavy atom. The highest BCUT2D eigenvalue weighted by Crippen LogP contribution is 2.54. The van der Waals surface area contributed by atoms with Gasteiger partial charge in [-0.25, -0.2) is 0 Å². The number of hydrogen-bond donors (Lipinski definition) is 5. The van der Waals surface area contributed by atoms with Gasteiger partial charge in [-0.2, -0.15) is 0 Å². The smallest absolute Gasteiger partial charge is 0.312 e. The van der Waals surface area contributed by atoms with Crippen molar-refractivity contribution in [3.05, 3.63) is 53.3 Å². The molecule has 3 aliphatic rings. The number of fused-ring (bicyclic) bond motifs is 14. The summed E-state index contributed by atoms with van der Waals surface area (Å²) < 4.78 is 23.7. The lowest BCUT2D eigenvalue weighted by Gasteiger charge is -2.38. The normalized spacial score (nSPS) is 31.6. The van der Waals surface area contributed by atoms with Gasteiger partial charge in [0, 0.05) is 79.9 Å². The van der Waals surface area contributed by atoms with E-state index in [2.05, 4.69) is 5.32 Å². The number of allylic oxidation sites excluding steroid dienone is 2. The number of hydrogen-bond acceptors (Lipinski definition) is 12. The fourth-order valence-corrected chi connectivity index (χ4v) is 7.46. The second-order valence-electron chi connectivity index (χ2n) is 14.6. The molecule has 0 saturated carbocycles. The van der Waals surface area contributed by atoms with E-state index in [0.29, 0.717) is 18.8 Å². The van der Waals surface area contributed by atoms with E-state index in [1.807, 2.05) is 18.7 Å². The molecule has 5 bridgehead atoms. The first-order chi connectivity index (χ1) is 25.3. The van der Waals surface area contributed by atoms with Gasteiger partial charge in [-0.3, -0.25) is 14.4 Å². The van der Waals surface area contributed by atoms with Crippen LogP contribution in [0.2, 0.25) is 0 Å². The van der Waals surface area contributed by atoms with Gasteiger partial charge >= 0.3 is 11.8 Å². The largest absolute Gasteiger partial charge is 0.507 e. The first-order valence-corrected chi connectivity index (χ1v) is 18.5. The molecule has 2 aromatic carbocycles. The van der Waals surface area contributed by atoms with E-state index in [4.69, 9.17) is 18.9 Å². The lowest BCUT2D eigenvalue weighted by molar-refractivity contribution is -0.160. The number of methoxy groups -OCH3 is 1. The molecule has 3 heterocycles. The van der Waals surface area contributed by atoms with Crippen molar-refractivity contribution in [3.8, 4) is 17.2 Å². The van der Waals surface area contributed by atoms with Gasteiger partial charge in [0.25, 0.3) is 11.7 Å². The van der Waals surface area contributed by atoms with E-state index in [1.54, 1.807) is 71.9 Å². The van der Waals surface area contributed by atoms with E-state index < -0.39 is 77.3 Å². The molecule has 0 aromatic heterocycles. The highest BCUT2D eigenvalue weighted by Gasteiger charge is 2.49. The quantitative estimate of drug-likeness (QED) is 0.180. The zero-order valence-corrected chi connectivity index (χ0v) is 33.1. The molecule has 296 valence electrons. The van der Waals surface area contributed by atoms with Crippen LogP contribution in [-0.4, -0.2) is 88.5 Å². The van der Waals surface area contributed by atoms with Crippen LogP contribution in [-0.2, 0) is 23.8 Å². The third-order valence-electron chi connectivity index (χ3n) is 10.9. The van der Waals surface area contributed by atoms with Crippen molar-refractivity contribution >= 4 is 39.8 Å². The average molecular weight is 753 g/mol. The Morgan fingerprint density at radius 1 is 0.963 bits per heavy atom. The molecule has 9 atom stereocenters. The predicted molar refractivity (Wildman–Crippen MR) is 206 cm³/mol. The lowest BCUT2D eigenvalue weighted by Crippen LogP contribution is -2.46. The molecule has 0 saturated heterocycles. The van der Waals surface area contributed by atoms with Gasteiger partial charge in [0.1, 0.15) is 17.6 Å². The monoisotopic (exact) mass is 752 g/mol. The Morgan fingerprint density at radius 2 is 1.61 bits per heavy atom. The number of anilines is 2. The van der Waals surface area contributed by atoms with Crippen LogP contribution in [0.15, 0.2) is 42.2 Å². The summed E-state index contributed by atoms with van der Waals surface area (Å²) in [6.45, 7) is 17.7. The van der Waals surface area contributed by atoms with Gasteiger partial charge in [-0.15, -0.1) is 0 Å². The van der Waals surface area contributed by atoms with Crippen LogP contribution in [0.1, 0.15) is 78.2 Å². The van der Waals surface area contributed by atoms with Gasteiger partial charge in [0.2, 0.25) is 0 Å². The van der Waals surface area contributed by atoms with Gasteiger partial charge < -0.3 is 49.6 Å². The first-order valence-electron chi connectivity index (χ1n) is 18.5. The Kier molecular flexibility index (Phi) is 13.1. The Bertz CT molecular complexity index is 1850. The van der Waals surface area contributed by atoms with Crippen molar-refractivity contribution in [1.29, 1.82) is 0 Å². The summed E-state index contributed by atoms with van der Waals surface area (Å²) >= 11 is 0. The molecule has 5 rings (SSSR count). The maximum atomic E-state index is 14.4. The number of rotatable bonds is 5. The van der Waals surface area contributed by atoms with E-state index in [1.165, 1.54) is 27.2 Å². The summed E-state index contributed by atoms with van der Waals surface area (Å²) in [5, 5.41) is 49.0. The Labute approximate surface area is 317 Å². The maximum absolute atomic E-state index is 14.4. The third-order valence-corrected chi connectivity index (χ3v) is 10.9. The molecule has 54 heavy (non-hydrogen) atoms. The number of benzene rings is 2.